The lowest BCUT2D eigenvalue weighted by Crippen LogP contribution is -1.96. The van der Waals surface area contributed by atoms with Crippen molar-refractivity contribution >= 4 is 10.8 Å². The van der Waals surface area contributed by atoms with E-state index in [-0.39, 0.29) is 6.61 Å². The molecule has 26 heavy (non-hydrogen) atoms. The van der Waals surface area contributed by atoms with Crippen LogP contribution in [0.4, 0.5) is 0 Å². The van der Waals surface area contributed by atoms with Crippen LogP contribution in [0, 0.1) is 13.8 Å². The third-order valence-corrected chi connectivity index (χ3v) is 4.94. The Morgan fingerprint density at radius 2 is 1.42 bits per heavy atom. The zero-order valence-electron chi connectivity index (χ0n) is 15.0. The summed E-state index contributed by atoms with van der Waals surface area (Å²) in [7, 11) is 0. The SMILES string of the molecule is Cc1cc2cc(-c3cccc(-c4ccccc4)c3)nc(CO)c2cc1C. The van der Waals surface area contributed by atoms with E-state index in [1.807, 2.05) is 18.2 Å². The molecule has 0 atom stereocenters. The Kier molecular flexibility index (Phi) is 4.27. The van der Waals surface area contributed by atoms with E-state index >= 15 is 0 Å². The number of aliphatic hydroxyl groups is 1. The molecule has 0 amide bonds. The number of hydrogen-bond donors (Lipinski definition) is 1. The number of aryl methyl sites for hydroxylation is 2. The lowest BCUT2D eigenvalue weighted by atomic mass is 9.98. The summed E-state index contributed by atoms with van der Waals surface area (Å²) >= 11 is 0. The van der Waals surface area contributed by atoms with Crippen molar-refractivity contribution in [3.05, 3.63) is 89.6 Å². The lowest BCUT2D eigenvalue weighted by Gasteiger charge is -2.11. The number of fused-ring (bicyclic) bond motifs is 1. The number of aliphatic hydroxyl groups excluding tert-OH is 1. The fourth-order valence-electron chi connectivity index (χ4n) is 3.35. The highest BCUT2D eigenvalue weighted by Crippen LogP contribution is 2.30. The van der Waals surface area contributed by atoms with Crippen molar-refractivity contribution in [3.63, 3.8) is 0 Å². The Morgan fingerprint density at radius 1 is 0.731 bits per heavy atom. The van der Waals surface area contributed by atoms with Gasteiger partial charge in [-0.15, -0.1) is 0 Å². The van der Waals surface area contributed by atoms with Crippen molar-refractivity contribution in [1.29, 1.82) is 0 Å². The van der Waals surface area contributed by atoms with Crippen LogP contribution >= 0.6 is 0 Å². The summed E-state index contributed by atoms with van der Waals surface area (Å²) in [6.45, 7) is 4.14. The van der Waals surface area contributed by atoms with Crippen LogP contribution in [0.25, 0.3) is 33.2 Å². The van der Waals surface area contributed by atoms with Gasteiger partial charge in [0.2, 0.25) is 0 Å². The number of pyridine rings is 1. The van der Waals surface area contributed by atoms with E-state index in [1.54, 1.807) is 0 Å². The summed E-state index contributed by atoms with van der Waals surface area (Å²) in [5.74, 6) is 0. The van der Waals surface area contributed by atoms with Crippen molar-refractivity contribution in [2.75, 3.05) is 0 Å². The van der Waals surface area contributed by atoms with Gasteiger partial charge in [0.1, 0.15) is 0 Å². The molecule has 1 heterocycles. The van der Waals surface area contributed by atoms with E-state index in [2.05, 4.69) is 68.4 Å². The predicted molar refractivity (Wildman–Crippen MR) is 108 cm³/mol. The molecule has 0 bridgehead atoms. The van der Waals surface area contributed by atoms with Gasteiger partial charge in [-0.25, -0.2) is 4.98 Å². The number of hydrogen-bond acceptors (Lipinski definition) is 2. The first-order valence-electron chi connectivity index (χ1n) is 8.83. The van der Waals surface area contributed by atoms with Crippen LogP contribution in [0.1, 0.15) is 16.8 Å². The molecule has 1 aromatic heterocycles. The van der Waals surface area contributed by atoms with Crippen LogP contribution < -0.4 is 0 Å². The molecule has 0 aliphatic rings. The number of aromatic nitrogens is 1. The van der Waals surface area contributed by atoms with E-state index in [0.717, 1.165) is 33.3 Å². The summed E-state index contributed by atoms with van der Waals surface area (Å²) in [6, 6.07) is 25.1. The van der Waals surface area contributed by atoms with Gasteiger partial charge in [0.15, 0.2) is 0 Å². The lowest BCUT2D eigenvalue weighted by molar-refractivity contribution is 0.278. The number of benzene rings is 3. The van der Waals surface area contributed by atoms with E-state index in [1.165, 1.54) is 16.7 Å². The summed E-state index contributed by atoms with van der Waals surface area (Å²) in [6.07, 6.45) is 0. The Balaban J connectivity index is 1.88. The standard InChI is InChI=1S/C24H21NO/c1-16-11-21-14-23(25-24(15-26)22(21)12-17(16)2)20-10-6-9-19(13-20)18-7-4-3-5-8-18/h3-14,26H,15H2,1-2H3. The highest BCUT2D eigenvalue weighted by Gasteiger charge is 2.10. The average molecular weight is 339 g/mol. The first-order chi connectivity index (χ1) is 12.7. The molecule has 0 spiro atoms. The molecule has 128 valence electrons. The topological polar surface area (TPSA) is 33.1 Å². The molecule has 0 aliphatic heterocycles. The minimum Gasteiger partial charge on any atom is -0.390 e. The second kappa shape index (κ2) is 6.74. The minimum atomic E-state index is -0.0643. The van der Waals surface area contributed by atoms with Crippen LogP contribution in [0.3, 0.4) is 0 Å². The van der Waals surface area contributed by atoms with Crippen molar-refractivity contribution in [1.82, 2.24) is 4.98 Å². The van der Waals surface area contributed by atoms with Gasteiger partial charge in [0, 0.05) is 10.9 Å². The van der Waals surface area contributed by atoms with Crippen molar-refractivity contribution in [3.8, 4) is 22.4 Å². The Labute approximate surface area is 153 Å². The van der Waals surface area contributed by atoms with Gasteiger partial charge >= 0.3 is 0 Å². The van der Waals surface area contributed by atoms with Gasteiger partial charge in [-0.05, 0) is 59.7 Å². The summed E-state index contributed by atoms with van der Waals surface area (Å²) in [5.41, 5.74) is 7.48. The van der Waals surface area contributed by atoms with Gasteiger partial charge in [0.25, 0.3) is 0 Å². The quantitative estimate of drug-likeness (QED) is 0.521. The van der Waals surface area contributed by atoms with Gasteiger partial charge < -0.3 is 5.11 Å². The third-order valence-electron chi connectivity index (χ3n) is 4.94. The molecular formula is C24H21NO. The maximum absolute atomic E-state index is 9.84. The summed E-state index contributed by atoms with van der Waals surface area (Å²) < 4.78 is 0. The van der Waals surface area contributed by atoms with Crippen LogP contribution in [0.15, 0.2) is 72.8 Å². The highest BCUT2D eigenvalue weighted by atomic mass is 16.3. The minimum absolute atomic E-state index is 0.0643. The molecule has 0 radical (unpaired) electrons. The summed E-state index contributed by atoms with van der Waals surface area (Å²) in [5, 5.41) is 12.0. The van der Waals surface area contributed by atoms with Crippen molar-refractivity contribution in [2.45, 2.75) is 20.5 Å². The van der Waals surface area contributed by atoms with E-state index < -0.39 is 0 Å². The van der Waals surface area contributed by atoms with E-state index in [4.69, 9.17) is 4.98 Å². The molecule has 0 unspecified atom stereocenters. The molecule has 0 saturated heterocycles. The number of rotatable bonds is 3. The molecule has 4 rings (SSSR count). The van der Waals surface area contributed by atoms with Crippen molar-refractivity contribution < 1.29 is 5.11 Å². The molecule has 0 saturated carbocycles. The predicted octanol–water partition coefficient (Wildman–Crippen LogP) is 5.68. The zero-order valence-corrected chi connectivity index (χ0v) is 15.0. The van der Waals surface area contributed by atoms with Gasteiger partial charge in [-0.3, -0.25) is 0 Å². The molecule has 4 aromatic rings. The first-order valence-corrected chi connectivity index (χ1v) is 8.83. The third kappa shape index (κ3) is 3.00. The van der Waals surface area contributed by atoms with Crippen LogP contribution in [0.5, 0.6) is 0 Å². The maximum Gasteiger partial charge on any atom is 0.0859 e. The molecule has 1 N–H and O–H groups in total. The smallest absolute Gasteiger partial charge is 0.0859 e. The zero-order chi connectivity index (χ0) is 18.1. The van der Waals surface area contributed by atoms with Gasteiger partial charge in [0.05, 0.1) is 18.0 Å². The highest BCUT2D eigenvalue weighted by molar-refractivity contribution is 5.89. The van der Waals surface area contributed by atoms with Crippen LogP contribution in [-0.2, 0) is 6.61 Å². The fraction of sp³-hybridized carbons (Fsp3) is 0.125. The Hall–Kier alpha value is -2.97. The first kappa shape index (κ1) is 16.5. The molecular weight excluding hydrogens is 318 g/mol. The Morgan fingerprint density at radius 3 is 2.19 bits per heavy atom. The maximum atomic E-state index is 9.84. The van der Waals surface area contributed by atoms with E-state index in [9.17, 15) is 5.11 Å². The van der Waals surface area contributed by atoms with Crippen LogP contribution in [0.2, 0.25) is 0 Å². The molecule has 0 fully saturated rings. The number of nitrogens with zero attached hydrogens (tertiary/aromatic N) is 1. The van der Waals surface area contributed by atoms with Gasteiger partial charge in [-0.2, -0.15) is 0 Å². The largest absolute Gasteiger partial charge is 0.390 e. The molecule has 3 aromatic carbocycles. The second-order valence-electron chi connectivity index (χ2n) is 6.72. The second-order valence-corrected chi connectivity index (χ2v) is 6.72. The normalized spacial score (nSPS) is 11.0. The average Bonchev–Trinajstić information content (AvgIpc) is 2.69. The van der Waals surface area contributed by atoms with Gasteiger partial charge in [-0.1, -0.05) is 54.6 Å². The molecule has 0 aliphatic carbocycles. The molecule has 2 heteroatoms. The van der Waals surface area contributed by atoms with Crippen LogP contribution in [-0.4, -0.2) is 10.1 Å². The van der Waals surface area contributed by atoms with Crippen molar-refractivity contribution in [2.24, 2.45) is 0 Å². The van der Waals surface area contributed by atoms with E-state index in [0.29, 0.717) is 0 Å². The molecule has 2 nitrogen and oxygen atoms in total. The Bertz CT molecular complexity index is 1080. The summed E-state index contributed by atoms with van der Waals surface area (Å²) in [4.78, 5) is 4.75. The fourth-order valence-corrected chi connectivity index (χ4v) is 3.35. The monoisotopic (exact) mass is 339 g/mol.